The van der Waals surface area contributed by atoms with Crippen molar-refractivity contribution in [3.63, 3.8) is 0 Å². The van der Waals surface area contributed by atoms with E-state index in [4.69, 9.17) is 5.73 Å². The summed E-state index contributed by atoms with van der Waals surface area (Å²) in [5.41, 5.74) is 4.85. The molecule has 0 aliphatic heterocycles. The van der Waals surface area contributed by atoms with Gasteiger partial charge in [0.25, 0.3) is 0 Å². The third kappa shape index (κ3) is 1.34. The Hall–Kier alpha value is -1.33. The molecule has 2 N–H and O–H groups in total. The Bertz CT molecular complexity index is 565. The molecule has 3 rings (SSSR count). The first-order chi connectivity index (χ1) is 8.59. The third-order valence-corrected chi connectivity index (χ3v) is 5.33. The minimum Gasteiger partial charge on any atom is -0.368 e. The molecule has 0 spiro atoms. The van der Waals surface area contributed by atoms with Crippen molar-refractivity contribution in [2.75, 3.05) is 5.73 Å². The summed E-state index contributed by atoms with van der Waals surface area (Å²) in [4.78, 5) is 7.62. The molecule has 2 aliphatic rings. The number of hydrogen-bond acceptors (Lipinski definition) is 3. The number of nitrogens with two attached hydrogens (primary N) is 1. The monoisotopic (exact) mass is 271 g/mol. The van der Waals surface area contributed by atoms with Gasteiger partial charge >= 0.3 is 6.18 Å². The molecule has 1 fully saturated rings. The molecule has 19 heavy (non-hydrogen) atoms. The topological polar surface area (TPSA) is 51.8 Å². The van der Waals surface area contributed by atoms with Gasteiger partial charge in [0.1, 0.15) is 0 Å². The minimum absolute atomic E-state index is 0.135. The van der Waals surface area contributed by atoms with Gasteiger partial charge in [-0.15, -0.1) is 0 Å². The van der Waals surface area contributed by atoms with Crippen LogP contribution in [-0.2, 0) is 11.6 Å². The van der Waals surface area contributed by atoms with E-state index in [2.05, 4.69) is 9.97 Å². The number of rotatable bonds is 0. The molecule has 1 aromatic heterocycles. The molecule has 0 saturated heterocycles. The summed E-state index contributed by atoms with van der Waals surface area (Å²) >= 11 is 0. The number of fused-ring (bicyclic) bond motifs is 5. The van der Waals surface area contributed by atoms with Crippen LogP contribution in [0.25, 0.3) is 0 Å². The molecule has 1 saturated carbocycles. The van der Waals surface area contributed by atoms with E-state index in [-0.39, 0.29) is 28.3 Å². The Morgan fingerprint density at radius 3 is 2.42 bits per heavy atom. The van der Waals surface area contributed by atoms with Crippen molar-refractivity contribution in [2.45, 2.75) is 51.1 Å². The Morgan fingerprint density at radius 2 is 1.84 bits per heavy atom. The van der Waals surface area contributed by atoms with Gasteiger partial charge in [-0.2, -0.15) is 13.2 Å². The van der Waals surface area contributed by atoms with Gasteiger partial charge in [0.05, 0.1) is 5.69 Å². The van der Waals surface area contributed by atoms with E-state index in [0.29, 0.717) is 5.69 Å². The second-order valence-electron chi connectivity index (χ2n) is 6.34. The van der Waals surface area contributed by atoms with Crippen molar-refractivity contribution in [3.8, 4) is 0 Å². The van der Waals surface area contributed by atoms with E-state index in [1.54, 1.807) is 0 Å². The van der Waals surface area contributed by atoms with E-state index in [9.17, 15) is 13.2 Å². The molecule has 6 heteroatoms. The second kappa shape index (κ2) is 3.22. The summed E-state index contributed by atoms with van der Waals surface area (Å²) in [5.74, 6) is -0.416. The molecule has 1 heterocycles. The average Bonchev–Trinajstić information content (AvgIpc) is 2.58. The largest absolute Gasteiger partial charge is 0.433 e. The first-order valence-electron chi connectivity index (χ1n) is 6.34. The minimum atomic E-state index is -4.47. The lowest BCUT2D eigenvalue weighted by Crippen LogP contribution is -2.32. The fourth-order valence-electron chi connectivity index (χ4n) is 3.88. The smallest absolute Gasteiger partial charge is 0.368 e. The fraction of sp³-hybridized carbons (Fsp3) is 0.692. The average molecular weight is 271 g/mol. The van der Waals surface area contributed by atoms with Gasteiger partial charge in [-0.3, -0.25) is 0 Å². The summed E-state index contributed by atoms with van der Waals surface area (Å²) < 4.78 is 39.5. The first kappa shape index (κ1) is 12.7. The number of alkyl halides is 3. The maximum atomic E-state index is 13.2. The van der Waals surface area contributed by atoms with E-state index in [1.165, 1.54) is 0 Å². The molecular weight excluding hydrogens is 255 g/mol. The summed E-state index contributed by atoms with van der Waals surface area (Å²) in [5, 5.41) is 0. The van der Waals surface area contributed by atoms with Gasteiger partial charge in [0, 0.05) is 11.0 Å². The number of nitrogen functional groups attached to an aromatic ring is 1. The summed E-state index contributed by atoms with van der Waals surface area (Å²) in [6, 6.07) is 0. The second-order valence-corrected chi connectivity index (χ2v) is 6.34. The van der Waals surface area contributed by atoms with Crippen molar-refractivity contribution < 1.29 is 13.2 Å². The van der Waals surface area contributed by atoms with Crippen LogP contribution >= 0.6 is 0 Å². The molecule has 0 amide bonds. The van der Waals surface area contributed by atoms with Gasteiger partial charge in [-0.25, -0.2) is 9.97 Å². The number of anilines is 1. The predicted octanol–water partition coefficient (Wildman–Crippen LogP) is 3.25. The maximum absolute atomic E-state index is 13.2. The van der Waals surface area contributed by atoms with Crippen molar-refractivity contribution in [1.29, 1.82) is 0 Å². The molecule has 2 atom stereocenters. The highest BCUT2D eigenvalue weighted by molar-refractivity contribution is 5.50. The van der Waals surface area contributed by atoms with E-state index in [0.717, 1.165) is 12.8 Å². The SMILES string of the molecule is CC1(C)[C@@H]2CC[C@]1(C)c1nc(N)nc(C(F)(F)F)c12. The van der Waals surface area contributed by atoms with Crippen LogP contribution in [-0.4, -0.2) is 9.97 Å². The van der Waals surface area contributed by atoms with Crippen molar-refractivity contribution >= 4 is 5.95 Å². The summed E-state index contributed by atoms with van der Waals surface area (Å²) in [6.45, 7) is 6.02. The Labute approximate surface area is 109 Å². The van der Waals surface area contributed by atoms with Crippen LogP contribution in [0.1, 0.15) is 56.5 Å². The van der Waals surface area contributed by atoms with Gasteiger partial charge in [0.15, 0.2) is 5.69 Å². The lowest BCUT2D eigenvalue weighted by atomic mass is 9.70. The first-order valence-corrected chi connectivity index (χ1v) is 6.34. The molecule has 2 bridgehead atoms. The Morgan fingerprint density at radius 1 is 1.21 bits per heavy atom. The number of halogens is 3. The zero-order valence-electron chi connectivity index (χ0n) is 11.1. The van der Waals surface area contributed by atoms with Crippen LogP contribution in [0.2, 0.25) is 0 Å². The summed E-state index contributed by atoms with van der Waals surface area (Å²) in [6.07, 6.45) is -2.86. The lowest BCUT2D eigenvalue weighted by Gasteiger charge is -2.34. The van der Waals surface area contributed by atoms with Crippen molar-refractivity contribution in [2.24, 2.45) is 5.41 Å². The van der Waals surface area contributed by atoms with E-state index < -0.39 is 11.9 Å². The molecule has 2 aliphatic carbocycles. The predicted molar refractivity (Wildman–Crippen MR) is 64.6 cm³/mol. The third-order valence-electron chi connectivity index (χ3n) is 5.33. The van der Waals surface area contributed by atoms with E-state index in [1.807, 2.05) is 20.8 Å². The highest BCUT2D eigenvalue weighted by Crippen LogP contribution is 2.68. The van der Waals surface area contributed by atoms with Crippen molar-refractivity contribution in [3.05, 3.63) is 17.0 Å². The summed E-state index contributed by atoms with van der Waals surface area (Å²) in [7, 11) is 0. The number of nitrogens with zero attached hydrogens (tertiary/aromatic N) is 2. The van der Waals surface area contributed by atoms with Crippen LogP contribution in [0.5, 0.6) is 0 Å². The van der Waals surface area contributed by atoms with Crippen LogP contribution in [0.3, 0.4) is 0 Å². The molecule has 0 radical (unpaired) electrons. The Balaban J connectivity index is 2.34. The normalized spacial score (nSPS) is 31.6. The highest BCUT2D eigenvalue weighted by atomic mass is 19.4. The zero-order chi connectivity index (χ0) is 14.2. The quantitative estimate of drug-likeness (QED) is 0.788. The maximum Gasteiger partial charge on any atom is 0.433 e. The number of aromatic nitrogens is 2. The van der Waals surface area contributed by atoms with Crippen LogP contribution in [0, 0.1) is 5.41 Å². The van der Waals surface area contributed by atoms with Gasteiger partial charge < -0.3 is 5.73 Å². The fourth-order valence-corrected chi connectivity index (χ4v) is 3.88. The van der Waals surface area contributed by atoms with E-state index >= 15 is 0 Å². The molecule has 104 valence electrons. The molecule has 0 unspecified atom stereocenters. The standard InChI is InChI=1S/C13H16F3N3/c1-11(2)6-4-5-12(11,3)8-7(6)9(13(14,15)16)19-10(17)18-8/h6H,4-5H2,1-3H3,(H2,17,18,19)/t6-,12-/m1/s1. The van der Waals surface area contributed by atoms with Crippen LogP contribution in [0.15, 0.2) is 0 Å². The molecule has 3 nitrogen and oxygen atoms in total. The Kier molecular flexibility index (Phi) is 2.15. The van der Waals surface area contributed by atoms with Crippen LogP contribution in [0.4, 0.5) is 19.1 Å². The highest BCUT2D eigenvalue weighted by Gasteiger charge is 2.63. The lowest BCUT2D eigenvalue weighted by molar-refractivity contribution is -0.142. The molecule has 0 aromatic carbocycles. The zero-order valence-corrected chi connectivity index (χ0v) is 11.1. The van der Waals surface area contributed by atoms with Gasteiger partial charge in [-0.05, 0) is 24.2 Å². The number of hydrogen-bond donors (Lipinski definition) is 1. The van der Waals surface area contributed by atoms with Crippen molar-refractivity contribution in [1.82, 2.24) is 9.97 Å². The van der Waals surface area contributed by atoms with Gasteiger partial charge in [-0.1, -0.05) is 20.8 Å². The molecule has 1 aromatic rings. The van der Waals surface area contributed by atoms with Crippen LogP contribution < -0.4 is 5.73 Å². The van der Waals surface area contributed by atoms with Gasteiger partial charge in [0.2, 0.25) is 5.95 Å². The molecular formula is C13H16F3N3.